The van der Waals surface area contributed by atoms with Gasteiger partial charge in [-0.3, -0.25) is 37.3 Å². The summed E-state index contributed by atoms with van der Waals surface area (Å²) >= 11 is 0. The summed E-state index contributed by atoms with van der Waals surface area (Å²) in [5.41, 5.74) is 0. The SMILES string of the molecule is CCCCCCCCCCCCCCCCCCCCCCCCC(=O)O[C@H](COC(=O)CCCCCCCCCCCCCCCC(C)C)COP(=O)(O)OC[C@@H](O)COP(=O)(O)OC[C@@H](COC(=O)CCCCCCCCCCCC)OC(=O)CCCCCCCCCCCCCCCCC. The van der Waals surface area contributed by atoms with Gasteiger partial charge in [0.1, 0.15) is 19.3 Å². The van der Waals surface area contributed by atoms with E-state index < -0.39 is 97.5 Å². The second-order valence-corrected chi connectivity index (χ2v) is 33.6. The van der Waals surface area contributed by atoms with Crippen molar-refractivity contribution in [3.05, 3.63) is 0 Å². The highest BCUT2D eigenvalue weighted by Crippen LogP contribution is 2.45. The third kappa shape index (κ3) is 78.0. The van der Waals surface area contributed by atoms with Crippen LogP contribution < -0.4 is 0 Å². The van der Waals surface area contributed by atoms with Gasteiger partial charge in [0.15, 0.2) is 12.2 Å². The summed E-state index contributed by atoms with van der Waals surface area (Å²) in [7, 11) is -9.92. The third-order valence-electron chi connectivity index (χ3n) is 19.8. The molecule has 0 amide bonds. The maximum Gasteiger partial charge on any atom is 0.472 e. The monoisotopic (exact) mass is 1510 g/mol. The van der Waals surface area contributed by atoms with E-state index in [1.807, 2.05) is 0 Å². The zero-order chi connectivity index (χ0) is 75.5. The van der Waals surface area contributed by atoms with Crippen LogP contribution in [-0.2, 0) is 65.4 Å². The van der Waals surface area contributed by atoms with E-state index in [2.05, 4.69) is 34.6 Å². The van der Waals surface area contributed by atoms with Crippen molar-refractivity contribution in [3.8, 4) is 0 Å². The number of carbonyl (C=O) groups excluding carboxylic acids is 4. The summed E-state index contributed by atoms with van der Waals surface area (Å²) < 4.78 is 68.8. The molecule has 19 heteroatoms. The molecule has 103 heavy (non-hydrogen) atoms. The minimum Gasteiger partial charge on any atom is -0.462 e. The van der Waals surface area contributed by atoms with Gasteiger partial charge in [0.05, 0.1) is 26.4 Å². The molecule has 0 aromatic heterocycles. The molecule has 0 rings (SSSR count). The van der Waals surface area contributed by atoms with E-state index in [1.165, 1.54) is 276 Å². The van der Waals surface area contributed by atoms with Crippen LogP contribution in [0.1, 0.15) is 452 Å². The lowest BCUT2D eigenvalue weighted by Crippen LogP contribution is -2.30. The zero-order valence-electron chi connectivity index (χ0n) is 67.5. The Kier molecular flexibility index (Phi) is 75.4. The van der Waals surface area contributed by atoms with Gasteiger partial charge in [-0.25, -0.2) is 9.13 Å². The highest BCUT2D eigenvalue weighted by Gasteiger charge is 2.30. The summed E-state index contributed by atoms with van der Waals surface area (Å²) in [6.45, 7) is 7.36. The van der Waals surface area contributed by atoms with E-state index in [-0.39, 0.29) is 25.7 Å². The first-order chi connectivity index (χ1) is 50.0. The molecule has 0 aliphatic heterocycles. The van der Waals surface area contributed by atoms with Crippen molar-refractivity contribution in [2.24, 2.45) is 5.92 Å². The van der Waals surface area contributed by atoms with Crippen molar-refractivity contribution in [3.63, 3.8) is 0 Å². The average Bonchev–Trinajstić information content (AvgIpc) is 0.974. The number of ether oxygens (including phenoxy) is 4. The van der Waals surface area contributed by atoms with Crippen LogP contribution in [0.15, 0.2) is 0 Å². The Labute approximate surface area is 632 Å². The molecule has 0 spiro atoms. The molecule has 2 unspecified atom stereocenters. The van der Waals surface area contributed by atoms with Crippen LogP contribution in [0.2, 0.25) is 0 Å². The molecule has 0 fully saturated rings. The molecule has 0 heterocycles. The summed E-state index contributed by atoms with van der Waals surface area (Å²) in [5, 5.41) is 10.7. The second-order valence-electron chi connectivity index (χ2n) is 30.7. The Morgan fingerprint density at radius 1 is 0.262 bits per heavy atom. The maximum absolute atomic E-state index is 13.1. The fraction of sp³-hybridized carbons (Fsp3) is 0.952. The molecule has 0 radical (unpaired) electrons. The molecular weight excluding hydrogens is 1340 g/mol. The quantitative estimate of drug-likeness (QED) is 0.0222. The van der Waals surface area contributed by atoms with E-state index in [1.54, 1.807) is 0 Å². The second kappa shape index (κ2) is 76.8. The fourth-order valence-corrected chi connectivity index (χ4v) is 14.7. The minimum atomic E-state index is -4.96. The van der Waals surface area contributed by atoms with Crippen LogP contribution in [0.3, 0.4) is 0 Å². The van der Waals surface area contributed by atoms with E-state index in [9.17, 15) is 43.2 Å². The molecule has 17 nitrogen and oxygen atoms in total. The number of unbranched alkanes of at least 4 members (excludes halogenated alkanes) is 56. The normalized spacial score (nSPS) is 13.8. The number of hydrogen-bond donors (Lipinski definition) is 3. The van der Waals surface area contributed by atoms with Crippen LogP contribution in [0.25, 0.3) is 0 Å². The highest BCUT2D eigenvalue weighted by atomic mass is 31.2. The Bertz CT molecular complexity index is 1960. The summed E-state index contributed by atoms with van der Waals surface area (Å²) in [5.74, 6) is -1.31. The lowest BCUT2D eigenvalue weighted by Gasteiger charge is -2.21. The maximum atomic E-state index is 13.1. The smallest absolute Gasteiger partial charge is 0.462 e. The number of esters is 4. The molecule has 0 saturated carbocycles. The van der Waals surface area contributed by atoms with Gasteiger partial charge in [0.25, 0.3) is 0 Å². The van der Waals surface area contributed by atoms with Crippen molar-refractivity contribution >= 4 is 39.5 Å². The zero-order valence-corrected chi connectivity index (χ0v) is 69.3. The number of hydrogen-bond acceptors (Lipinski definition) is 15. The number of rotatable bonds is 84. The van der Waals surface area contributed by atoms with Gasteiger partial charge >= 0.3 is 39.5 Å². The number of aliphatic hydroxyl groups excluding tert-OH is 1. The van der Waals surface area contributed by atoms with E-state index in [4.69, 9.17) is 37.0 Å². The third-order valence-corrected chi connectivity index (χ3v) is 21.7. The lowest BCUT2D eigenvalue weighted by molar-refractivity contribution is -0.161. The number of phosphoric ester groups is 2. The van der Waals surface area contributed by atoms with Crippen LogP contribution in [0, 0.1) is 5.92 Å². The molecule has 612 valence electrons. The lowest BCUT2D eigenvalue weighted by atomic mass is 10.0. The Hall–Kier alpha value is -1.94. The molecule has 0 aromatic carbocycles. The van der Waals surface area contributed by atoms with Crippen molar-refractivity contribution in [1.29, 1.82) is 0 Å². The number of carbonyl (C=O) groups is 4. The van der Waals surface area contributed by atoms with E-state index >= 15 is 0 Å². The molecule has 0 aliphatic rings. The van der Waals surface area contributed by atoms with Crippen molar-refractivity contribution < 1.29 is 80.2 Å². The van der Waals surface area contributed by atoms with Crippen LogP contribution >= 0.6 is 15.6 Å². The number of phosphoric acid groups is 2. The first-order valence-corrected chi connectivity index (χ1v) is 46.6. The molecule has 0 bridgehead atoms. The van der Waals surface area contributed by atoms with E-state index in [0.29, 0.717) is 25.7 Å². The standard InChI is InChI=1S/C84H164O17P2/c1-6-9-12-15-18-21-24-26-28-29-30-31-32-33-34-36-40-45-50-55-60-65-70-84(89)101-80(74-95-82(87)68-63-58-53-48-43-41-37-38-42-46-51-56-61-66-77(4)5)76-99-103(92,93)97-72-78(85)71-96-102(90,91)98-75-79(73-94-81(86)67-62-57-52-47-23-20-17-14-11-8-3)100-83(88)69-64-59-54-49-44-39-35-27-25-22-19-16-13-10-7-2/h77-80,85H,6-76H2,1-5H3,(H,90,91)(H,92,93)/t78-,79+,80+/m0/s1. The van der Waals surface area contributed by atoms with Gasteiger partial charge in [-0.2, -0.15) is 0 Å². The Balaban J connectivity index is 5.21. The molecule has 5 atom stereocenters. The summed E-state index contributed by atoms with van der Waals surface area (Å²) in [4.78, 5) is 73.1. The highest BCUT2D eigenvalue weighted by molar-refractivity contribution is 7.47. The van der Waals surface area contributed by atoms with Gasteiger partial charge < -0.3 is 33.8 Å². The van der Waals surface area contributed by atoms with Gasteiger partial charge in [-0.15, -0.1) is 0 Å². The summed E-state index contributed by atoms with van der Waals surface area (Å²) in [6, 6.07) is 0. The first kappa shape index (κ1) is 101. The van der Waals surface area contributed by atoms with Crippen molar-refractivity contribution in [2.45, 2.75) is 470 Å². The van der Waals surface area contributed by atoms with Crippen LogP contribution in [-0.4, -0.2) is 96.7 Å². The van der Waals surface area contributed by atoms with Gasteiger partial charge in [0, 0.05) is 25.7 Å². The fourth-order valence-electron chi connectivity index (χ4n) is 13.1. The number of aliphatic hydroxyl groups is 1. The predicted molar refractivity (Wildman–Crippen MR) is 423 cm³/mol. The van der Waals surface area contributed by atoms with Crippen molar-refractivity contribution in [1.82, 2.24) is 0 Å². The van der Waals surface area contributed by atoms with Crippen LogP contribution in [0.5, 0.6) is 0 Å². The average molecular weight is 1510 g/mol. The largest absolute Gasteiger partial charge is 0.472 e. The molecular formula is C84H164O17P2. The topological polar surface area (TPSA) is 237 Å². The minimum absolute atomic E-state index is 0.109. The summed E-state index contributed by atoms with van der Waals surface area (Å²) in [6.07, 6.45) is 69.4. The van der Waals surface area contributed by atoms with Crippen molar-refractivity contribution in [2.75, 3.05) is 39.6 Å². The molecule has 0 saturated heterocycles. The van der Waals surface area contributed by atoms with E-state index in [0.717, 1.165) is 95.8 Å². The molecule has 0 aliphatic carbocycles. The van der Waals surface area contributed by atoms with Gasteiger partial charge in [-0.1, -0.05) is 401 Å². The predicted octanol–water partition coefficient (Wildman–Crippen LogP) is 25.6. The van der Waals surface area contributed by atoms with Gasteiger partial charge in [-0.05, 0) is 31.6 Å². The molecule has 0 aromatic rings. The van der Waals surface area contributed by atoms with Gasteiger partial charge in [0.2, 0.25) is 0 Å². The Morgan fingerprint density at radius 2 is 0.447 bits per heavy atom. The molecule has 3 N–H and O–H groups in total. The Morgan fingerprint density at radius 3 is 0.660 bits per heavy atom. The van der Waals surface area contributed by atoms with Crippen LogP contribution in [0.4, 0.5) is 0 Å². The first-order valence-electron chi connectivity index (χ1n) is 43.6.